The van der Waals surface area contributed by atoms with Crippen molar-refractivity contribution in [2.45, 2.75) is 91.1 Å². The van der Waals surface area contributed by atoms with E-state index in [1.807, 2.05) is 17.9 Å². The lowest BCUT2D eigenvalue weighted by atomic mass is 9.94. The number of nitriles is 1. The highest BCUT2D eigenvalue weighted by Crippen LogP contribution is 2.39. The molecule has 188 valence electrons. The highest BCUT2D eigenvalue weighted by atomic mass is 32.2. The molecule has 0 aromatic carbocycles. The van der Waals surface area contributed by atoms with Crippen molar-refractivity contribution in [2.24, 2.45) is 5.92 Å². The van der Waals surface area contributed by atoms with Crippen LogP contribution in [0.15, 0.2) is 9.70 Å². The van der Waals surface area contributed by atoms with E-state index in [4.69, 9.17) is 12.2 Å². The number of hydrogen-bond acceptors (Lipinski definition) is 6. The summed E-state index contributed by atoms with van der Waals surface area (Å²) in [4.78, 5) is 31.7. The Bertz CT molecular complexity index is 1120. The third kappa shape index (κ3) is 5.22. The summed E-state index contributed by atoms with van der Waals surface area (Å²) in [6.07, 6.45) is 11.3. The van der Waals surface area contributed by atoms with E-state index in [9.17, 15) is 14.9 Å². The van der Waals surface area contributed by atoms with Crippen LogP contribution in [0.4, 0.5) is 5.82 Å². The van der Waals surface area contributed by atoms with E-state index in [0.29, 0.717) is 27.3 Å². The van der Waals surface area contributed by atoms with Gasteiger partial charge in [0.1, 0.15) is 21.8 Å². The van der Waals surface area contributed by atoms with Gasteiger partial charge >= 0.3 is 0 Å². The van der Waals surface area contributed by atoms with Crippen molar-refractivity contribution in [3.05, 3.63) is 31.9 Å². The van der Waals surface area contributed by atoms with E-state index in [2.05, 4.69) is 24.8 Å². The summed E-state index contributed by atoms with van der Waals surface area (Å²) in [5.74, 6) is 1.47. The smallest absolute Gasteiger partial charge is 0.270 e. The van der Waals surface area contributed by atoms with Crippen molar-refractivity contribution < 1.29 is 4.79 Å². The maximum Gasteiger partial charge on any atom is 0.270 e. The molecule has 35 heavy (non-hydrogen) atoms. The van der Waals surface area contributed by atoms with Crippen molar-refractivity contribution in [1.82, 2.24) is 9.47 Å². The first-order valence-electron chi connectivity index (χ1n) is 13.1. The number of anilines is 1. The lowest BCUT2D eigenvalue weighted by Gasteiger charge is -2.35. The molecule has 1 aromatic heterocycles. The van der Waals surface area contributed by atoms with Gasteiger partial charge in [-0.15, -0.1) is 0 Å². The molecule has 2 saturated heterocycles. The maximum absolute atomic E-state index is 13.5. The van der Waals surface area contributed by atoms with Gasteiger partial charge in [0, 0.05) is 31.2 Å². The minimum Gasteiger partial charge on any atom is -0.357 e. The molecule has 6 nitrogen and oxygen atoms in total. The van der Waals surface area contributed by atoms with Crippen molar-refractivity contribution in [2.75, 3.05) is 18.0 Å². The van der Waals surface area contributed by atoms with Crippen molar-refractivity contribution >= 4 is 46.1 Å². The van der Waals surface area contributed by atoms with Crippen LogP contribution in [0.1, 0.15) is 88.3 Å². The average molecular weight is 513 g/mol. The number of carbonyl (C=O) groups is 1. The largest absolute Gasteiger partial charge is 0.357 e. The number of piperidine rings is 1. The molecule has 3 fully saturated rings. The minimum atomic E-state index is -0.223. The highest BCUT2D eigenvalue weighted by molar-refractivity contribution is 8.26. The van der Waals surface area contributed by atoms with Crippen molar-refractivity contribution in [3.8, 4) is 6.07 Å². The highest BCUT2D eigenvalue weighted by Gasteiger charge is 2.38. The molecule has 0 radical (unpaired) electrons. The van der Waals surface area contributed by atoms with Crippen LogP contribution in [-0.2, 0) is 11.3 Å². The normalized spacial score (nSPS) is 21.3. The Labute approximate surface area is 218 Å². The second-order valence-electron chi connectivity index (χ2n) is 10.2. The van der Waals surface area contributed by atoms with Gasteiger partial charge in [0.25, 0.3) is 11.5 Å². The Kier molecular flexibility index (Phi) is 8.38. The molecule has 1 aliphatic carbocycles. The lowest BCUT2D eigenvalue weighted by molar-refractivity contribution is -0.124. The van der Waals surface area contributed by atoms with Crippen LogP contribution >= 0.6 is 24.0 Å². The molecule has 0 atom stereocenters. The Hall–Kier alpha value is -2.11. The van der Waals surface area contributed by atoms with Crippen LogP contribution in [-0.4, -0.2) is 38.8 Å². The van der Waals surface area contributed by atoms with Crippen LogP contribution in [0.2, 0.25) is 0 Å². The van der Waals surface area contributed by atoms with Gasteiger partial charge in [-0.1, -0.05) is 63.5 Å². The van der Waals surface area contributed by atoms with Gasteiger partial charge in [-0.2, -0.15) is 5.26 Å². The third-order valence-corrected chi connectivity index (χ3v) is 9.03. The molecule has 0 bridgehead atoms. The number of thioether (sulfide) groups is 1. The van der Waals surface area contributed by atoms with Crippen LogP contribution in [0.5, 0.6) is 0 Å². The van der Waals surface area contributed by atoms with E-state index >= 15 is 0 Å². The van der Waals surface area contributed by atoms with Gasteiger partial charge in [0.05, 0.1) is 4.91 Å². The first-order chi connectivity index (χ1) is 16.9. The number of amides is 1. The number of pyridine rings is 1. The fourth-order valence-electron chi connectivity index (χ4n) is 5.49. The summed E-state index contributed by atoms with van der Waals surface area (Å²) in [6, 6.07) is 2.33. The predicted octanol–water partition coefficient (Wildman–Crippen LogP) is 5.60. The van der Waals surface area contributed by atoms with Crippen molar-refractivity contribution in [3.63, 3.8) is 0 Å². The average Bonchev–Trinajstić information content (AvgIpc) is 3.14. The third-order valence-electron chi connectivity index (χ3n) is 7.70. The lowest BCUT2D eigenvalue weighted by Crippen LogP contribution is -2.40. The number of aromatic nitrogens is 1. The number of hydrogen-bond donors (Lipinski definition) is 0. The Morgan fingerprint density at radius 3 is 2.46 bits per heavy atom. The summed E-state index contributed by atoms with van der Waals surface area (Å²) in [5, 5.41) is 9.88. The fraction of sp³-hybridized carbons (Fsp3) is 0.630. The first kappa shape index (κ1) is 26.0. The molecule has 0 spiro atoms. The van der Waals surface area contributed by atoms with E-state index in [1.165, 1.54) is 18.2 Å². The standard InChI is InChI=1S/C27H36N4O2S2/c1-4-5-13-30-24(29-14-11-18(2)12-15-29)21(19(3)22(17-28)25(30)32)16-23-26(33)31(27(34)35-23)20-9-7-6-8-10-20/h16,18,20H,4-15H2,1-3H3/b23-16-. The quantitative estimate of drug-likeness (QED) is 0.365. The summed E-state index contributed by atoms with van der Waals surface area (Å²) < 4.78 is 2.41. The van der Waals surface area contributed by atoms with Gasteiger partial charge in [0.15, 0.2) is 0 Å². The first-order valence-corrected chi connectivity index (χ1v) is 14.3. The number of thiocarbonyl (C=S) groups is 1. The molecule has 2 aliphatic heterocycles. The molecule has 1 saturated carbocycles. The molecule has 3 aliphatic rings. The minimum absolute atomic E-state index is 0.0330. The van der Waals surface area contributed by atoms with Gasteiger partial charge < -0.3 is 4.90 Å². The van der Waals surface area contributed by atoms with Crippen molar-refractivity contribution in [1.29, 1.82) is 5.26 Å². The summed E-state index contributed by atoms with van der Waals surface area (Å²) in [6.45, 7) is 8.50. The summed E-state index contributed by atoms with van der Waals surface area (Å²) in [7, 11) is 0. The van der Waals surface area contributed by atoms with Gasteiger partial charge in [0.2, 0.25) is 0 Å². The molecule has 8 heteroatoms. The molecule has 4 rings (SSSR count). The second-order valence-corrected chi connectivity index (χ2v) is 11.8. The van der Waals surface area contributed by atoms with E-state index in [0.717, 1.165) is 75.8 Å². The van der Waals surface area contributed by atoms with Crippen LogP contribution in [0, 0.1) is 24.2 Å². The van der Waals surface area contributed by atoms with E-state index < -0.39 is 0 Å². The zero-order valence-corrected chi connectivity index (χ0v) is 22.8. The Morgan fingerprint density at radius 1 is 1.14 bits per heavy atom. The fourth-order valence-corrected chi connectivity index (χ4v) is 6.88. The zero-order valence-electron chi connectivity index (χ0n) is 21.1. The van der Waals surface area contributed by atoms with Crippen LogP contribution in [0.3, 0.4) is 0 Å². The SMILES string of the molecule is CCCCn1c(N2CCC(C)CC2)c(/C=C2\SC(=S)N(C3CCCCC3)C2=O)c(C)c(C#N)c1=O. The topological polar surface area (TPSA) is 69.3 Å². The van der Waals surface area contributed by atoms with E-state index in [-0.39, 0.29) is 23.1 Å². The van der Waals surface area contributed by atoms with Gasteiger partial charge in [-0.05, 0) is 56.6 Å². The molecule has 3 heterocycles. The van der Waals surface area contributed by atoms with Crippen LogP contribution in [0.25, 0.3) is 6.08 Å². The van der Waals surface area contributed by atoms with E-state index in [1.54, 1.807) is 4.57 Å². The second kappa shape index (κ2) is 11.3. The monoisotopic (exact) mass is 512 g/mol. The maximum atomic E-state index is 13.5. The molecule has 0 unspecified atom stereocenters. The zero-order chi connectivity index (χ0) is 25.1. The van der Waals surface area contributed by atoms with Crippen LogP contribution < -0.4 is 10.5 Å². The molecule has 0 N–H and O–H groups in total. The summed E-state index contributed by atoms with van der Waals surface area (Å²) in [5.41, 5.74) is 1.42. The molecular formula is C27H36N4O2S2. The molecular weight excluding hydrogens is 476 g/mol. The number of rotatable bonds is 6. The number of unbranched alkanes of at least 4 members (excludes halogenated alkanes) is 1. The Morgan fingerprint density at radius 2 is 1.83 bits per heavy atom. The number of carbonyl (C=O) groups excluding carboxylic acids is 1. The predicted molar refractivity (Wildman–Crippen MR) is 148 cm³/mol. The number of nitrogens with zero attached hydrogens (tertiary/aromatic N) is 4. The van der Waals surface area contributed by atoms with Gasteiger partial charge in [-0.3, -0.25) is 19.1 Å². The molecule has 1 aromatic rings. The Balaban J connectivity index is 1.83. The van der Waals surface area contributed by atoms with Gasteiger partial charge in [-0.25, -0.2) is 0 Å². The molecule has 1 amide bonds. The summed E-state index contributed by atoms with van der Waals surface area (Å²) >= 11 is 7.01.